The van der Waals surface area contributed by atoms with Crippen LogP contribution < -0.4 is 9.47 Å². The molecule has 1 fully saturated rings. The summed E-state index contributed by atoms with van der Waals surface area (Å²) in [5, 5.41) is 0.0979. The maximum absolute atomic E-state index is 12.3. The molecule has 5 heteroatoms. The van der Waals surface area contributed by atoms with Crippen LogP contribution in [0.15, 0.2) is 18.2 Å². The molecule has 2 aliphatic rings. The van der Waals surface area contributed by atoms with E-state index in [4.69, 9.17) is 9.47 Å². The van der Waals surface area contributed by atoms with E-state index in [1.807, 2.05) is 48.7 Å². The molecule has 4 nitrogen and oxygen atoms in total. The molecule has 1 aromatic carbocycles. The number of nitrogens with zero attached hydrogens (tertiary/aromatic N) is 1. The van der Waals surface area contributed by atoms with Gasteiger partial charge in [-0.05, 0) is 17.7 Å². The van der Waals surface area contributed by atoms with Crippen molar-refractivity contribution in [2.45, 2.75) is 19.2 Å². The van der Waals surface area contributed by atoms with Gasteiger partial charge in [-0.1, -0.05) is 19.9 Å². The van der Waals surface area contributed by atoms with Gasteiger partial charge in [0.2, 0.25) is 5.91 Å². The van der Waals surface area contributed by atoms with Gasteiger partial charge in [-0.2, -0.15) is 0 Å². The van der Waals surface area contributed by atoms with Gasteiger partial charge in [-0.3, -0.25) is 4.79 Å². The van der Waals surface area contributed by atoms with Crippen LogP contribution in [-0.2, 0) is 4.79 Å². The Morgan fingerprint density at radius 3 is 2.80 bits per heavy atom. The first kappa shape index (κ1) is 13.6. The molecule has 0 bridgehead atoms. The second-order valence-corrected chi connectivity index (χ2v) is 6.50. The minimum atomic E-state index is 0.0356. The lowest BCUT2D eigenvalue weighted by atomic mass is 10.1. The van der Waals surface area contributed by atoms with Crippen molar-refractivity contribution in [1.29, 1.82) is 0 Å². The van der Waals surface area contributed by atoms with Gasteiger partial charge in [0.15, 0.2) is 11.5 Å². The average Bonchev–Trinajstić information content (AvgIpc) is 2.95. The van der Waals surface area contributed by atoms with E-state index in [0.717, 1.165) is 29.4 Å². The monoisotopic (exact) mass is 293 g/mol. The van der Waals surface area contributed by atoms with Crippen molar-refractivity contribution in [3.8, 4) is 11.5 Å². The summed E-state index contributed by atoms with van der Waals surface area (Å²) in [6.07, 6.45) is 0. The van der Waals surface area contributed by atoms with Crippen molar-refractivity contribution in [1.82, 2.24) is 4.90 Å². The Morgan fingerprint density at radius 1 is 1.30 bits per heavy atom. The molecule has 0 aliphatic carbocycles. The molecular formula is C15H19NO3S. The second-order valence-electron chi connectivity index (χ2n) is 5.31. The Balaban J connectivity index is 1.86. The number of rotatable bonds is 2. The van der Waals surface area contributed by atoms with Crippen molar-refractivity contribution in [2.75, 3.05) is 25.5 Å². The van der Waals surface area contributed by atoms with E-state index in [1.54, 1.807) is 0 Å². The smallest absolute Gasteiger partial charge is 0.226 e. The van der Waals surface area contributed by atoms with E-state index < -0.39 is 0 Å². The maximum Gasteiger partial charge on any atom is 0.226 e. The van der Waals surface area contributed by atoms with Crippen molar-refractivity contribution in [2.24, 2.45) is 5.92 Å². The normalized spacial score (nSPS) is 21.4. The molecule has 0 spiro atoms. The van der Waals surface area contributed by atoms with E-state index in [1.165, 1.54) is 0 Å². The lowest BCUT2D eigenvalue weighted by Crippen LogP contribution is -2.33. The van der Waals surface area contributed by atoms with E-state index in [9.17, 15) is 4.79 Å². The molecule has 0 saturated carbocycles. The number of ether oxygens (including phenoxy) is 2. The number of carbonyl (C=O) groups is 1. The molecule has 0 N–H and O–H groups in total. The van der Waals surface area contributed by atoms with Crippen molar-refractivity contribution in [3.05, 3.63) is 23.8 Å². The summed E-state index contributed by atoms with van der Waals surface area (Å²) in [7, 11) is 0. The van der Waals surface area contributed by atoms with Crippen LogP contribution in [0.3, 0.4) is 0 Å². The number of carbonyl (C=O) groups excluding carboxylic acids is 1. The van der Waals surface area contributed by atoms with E-state index >= 15 is 0 Å². The Kier molecular flexibility index (Phi) is 3.78. The third kappa shape index (κ3) is 2.46. The molecular weight excluding hydrogens is 274 g/mol. The molecule has 0 radical (unpaired) electrons. The molecule has 1 unspecified atom stereocenters. The molecule has 2 aliphatic heterocycles. The van der Waals surface area contributed by atoms with Crippen LogP contribution in [0.25, 0.3) is 0 Å². The first-order valence-corrected chi connectivity index (χ1v) is 8.03. The highest BCUT2D eigenvalue weighted by Crippen LogP contribution is 2.42. The molecule has 1 atom stereocenters. The lowest BCUT2D eigenvalue weighted by Gasteiger charge is -2.27. The van der Waals surface area contributed by atoms with Crippen LogP contribution in [0.1, 0.15) is 24.8 Å². The van der Waals surface area contributed by atoms with Crippen LogP contribution in [0, 0.1) is 5.92 Å². The lowest BCUT2D eigenvalue weighted by molar-refractivity contribution is -0.134. The Labute approximate surface area is 123 Å². The van der Waals surface area contributed by atoms with E-state index in [-0.39, 0.29) is 17.2 Å². The molecule has 1 amide bonds. The fourth-order valence-corrected chi connectivity index (χ4v) is 3.77. The summed E-state index contributed by atoms with van der Waals surface area (Å²) in [4.78, 5) is 14.2. The molecule has 20 heavy (non-hydrogen) atoms. The molecule has 0 aromatic heterocycles. The Hall–Kier alpha value is -1.36. The van der Waals surface area contributed by atoms with Crippen LogP contribution in [0.5, 0.6) is 11.5 Å². The van der Waals surface area contributed by atoms with Gasteiger partial charge in [0, 0.05) is 18.2 Å². The van der Waals surface area contributed by atoms with Gasteiger partial charge in [-0.25, -0.2) is 0 Å². The zero-order valence-corrected chi connectivity index (χ0v) is 12.6. The van der Waals surface area contributed by atoms with E-state index in [2.05, 4.69) is 0 Å². The fraction of sp³-hybridized carbons (Fsp3) is 0.533. The van der Waals surface area contributed by atoms with Gasteiger partial charge in [0.05, 0.1) is 0 Å². The Morgan fingerprint density at radius 2 is 2.05 bits per heavy atom. The van der Waals surface area contributed by atoms with Crippen molar-refractivity contribution in [3.63, 3.8) is 0 Å². The number of benzene rings is 1. The molecule has 1 saturated heterocycles. The zero-order chi connectivity index (χ0) is 14.1. The highest BCUT2D eigenvalue weighted by Gasteiger charge is 2.32. The topological polar surface area (TPSA) is 38.8 Å². The third-order valence-electron chi connectivity index (χ3n) is 3.52. The third-order valence-corrected chi connectivity index (χ3v) is 4.78. The van der Waals surface area contributed by atoms with Crippen LogP contribution >= 0.6 is 11.8 Å². The quantitative estimate of drug-likeness (QED) is 0.840. The minimum absolute atomic E-state index is 0.0356. The summed E-state index contributed by atoms with van der Waals surface area (Å²) in [5.41, 5.74) is 1.12. The second kappa shape index (κ2) is 5.56. The fourth-order valence-electron chi connectivity index (χ4n) is 2.52. The highest BCUT2D eigenvalue weighted by molar-refractivity contribution is 7.99. The molecule has 3 rings (SSSR count). The number of amides is 1. The predicted octanol–water partition coefficient (Wildman–Crippen LogP) is 2.69. The summed E-state index contributed by atoms with van der Waals surface area (Å²) < 4.78 is 11.2. The largest absolute Gasteiger partial charge is 0.486 e. The standard InChI is InChI=1S/C15H19NO3S/c1-10(2)14(17)16-5-8-20-15(16)11-3-4-12-13(9-11)19-7-6-18-12/h3-4,9-10,15H,5-8H2,1-2H3. The number of fused-ring (bicyclic) bond motifs is 1. The van der Waals surface area contributed by atoms with Gasteiger partial charge >= 0.3 is 0 Å². The maximum atomic E-state index is 12.3. The van der Waals surface area contributed by atoms with Crippen LogP contribution in [0.4, 0.5) is 0 Å². The number of thioether (sulfide) groups is 1. The minimum Gasteiger partial charge on any atom is -0.486 e. The molecule has 108 valence electrons. The number of hydrogen-bond acceptors (Lipinski definition) is 4. The number of hydrogen-bond donors (Lipinski definition) is 0. The Bertz CT molecular complexity index is 518. The van der Waals surface area contributed by atoms with Crippen molar-refractivity contribution >= 4 is 17.7 Å². The summed E-state index contributed by atoms with van der Waals surface area (Å²) in [5.74, 6) is 2.82. The SMILES string of the molecule is CC(C)C(=O)N1CCSC1c1ccc2c(c1)OCCO2. The van der Waals surface area contributed by atoms with Crippen molar-refractivity contribution < 1.29 is 14.3 Å². The van der Waals surface area contributed by atoms with Gasteiger partial charge in [-0.15, -0.1) is 11.8 Å². The molecule has 2 heterocycles. The first-order valence-electron chi connectivity index (χ1n) is 6.98. The van der Waals surface area contributed by atoms with Crippen LogP contribution in [0.2, 0.25) is 0 Å². The van der Waals surface area contributed by atoms with Gasteiger partial charge < -0.3 is 14.4 Å². The summed E-state index contributed by atoms with van der Waals surface area (Å²) >= 11 is 1.81. The van der Waals surface area contributed by atoms with Gasteiger partial charge in [0.25, 0.3) is 0 Å². The highest BCUT2D eigenvalue weighted by atomic mass is 32.2. The predicted molar refractivity (Wildman–Crippen MR) is 79.2 cm³/mol. The van der Waals surface area contributed by atoms with Crippen LogP contribution in [-0.4, -0.2) is 36.3 Å². The average molecular weight is 293 g/mol. The first-order chi connectivity index (χ1) is 9.66. The summed E-state index contributed by atoms with van der Waals surface area (Å²) in [6, 6.07) is 6.00. The van der Waals surface area contributed by atoms with E-state index in [0.29, 0.717) is 13.2 Å². The zero-order valence-electron chi connectivity index (χ0n) is 11.8. The van der Waals surface area contributed by atoms with Gasteiger partial charge in [0.1, 0.15) is 18.6 Å². The molecule has 1 aromatic rings. The summed E-state index contributed by atoms with van der Waals surface area (Å²) in [6.45, 7) is 5.91.